The molecular weight excluding hydrogens is 296 g/mol. The summed E-state index contributed by atoms with van der Waals surface area (Å²) in [5.41, 5.74) is 5.80. The lowest BCUT2D eigenvalue weighted by Gasteiger charge is -2.21. The number of aryl methyl sites for hydroxylation is 1. The van der Waals surface area contributed by atoms with Crippen LogP contribution in [0.3, 0.4) is 0 Å². The van der Waals surface area contributed by atoms with Gasteiger partial charge in [0.1, 0.15) is 5.76 Å². The summed E-state index contributed by atoms with van der Waals surface area (Å²) in [7, 11) is 1.55. The van der Waals surface area contributed by atoms with Crippen molar-refractivity contribution in [3.05, 3.63) is 11.8 Å². The van der Waals surface area contributed by atoms with Crippen LogP contribution in [0.1, 0.15) is 26.0 Å². The summed E-state index contributed by atoms with van der Waals surface area (Å²) in [6.45, 7) is 5.64. The lowest BCUT2D eigenvalue weighted by Crippen LogP contribution is -2.45. The number of hydrogen-bond acceptors (Lipinski definition) is 5. The molecule has 0 aliphatic heterocycles. The quantitative estimate of drug-likeness (QED) is 0.820. The number of aromatic nitrogens is 1. The van der Waals surface area contributed by atoms with Gasteiger partial charge in [-0.3, -0.25) is 9.59 Å². The van der Waals surface area contributed by atoms with E-state index in [9.17, 15) is 9.59 Å². The molecule has 1 atom stereocenters. The van der Waals surface area contributed by atoms with E-state index in [4.69, 9.17) is 10.3 Å². The van der Waals surface area contributed by atoms with Crippen LogP contribution in [0.25, 0.3) is 0 Å². The number of nitrogens with two attached hydrogens (primary N) is 1. The summed E-state index contributed by atoms with van der Waals surface area (Å²) in [6, 6.07) is 1.02. The lowest BCUT2D eigenvalue weighted by atomic mass is 10.0. The zero-order valence-electron chi connectivity index (χ0n) is 12.8. The smallest absolute Gasteiger partial charge is 0.245 e. The summed E-state index contributed by atoms with van der Waals surface area (Å²) >= 11 is 0. The van der Waals surface area contributed by atoms with Crippen molar-refractivity contribution in [1.82, 2.24) is 10.1 Å². The summed E-state index contributed by atoms with van der Waals surface area (Å²) in [5, 5.41) is 6.20. The summed E-state index contributed by atoms with van der Waals surface area (Å²) in [5.74, 6) is 0.675. The van der Waals surface area contributed by atoms with E-state index in [1.165, 1.54) is 4.90 Å². The van der Waals surface area contributed by atoms with Gasteiger partial charge < -0.3 is 20.5 Å². The molecule has 2 amide bonds. The molecule has 1 aromatic rings. The zero-order valence-corrected chi connectivity index (χ0v) is 13.6. The number of nitrogens with one attached hydrogen (secondary N) is 1. The molecule has 7 nitrogen and oxygen atoms in total. The van der Waals surface area contributed by atoms with Crippen LogP contribution >= 0.6 is 12.4 Å². The SMILES string of the molecule is Cc1cc(NC(=O)CN(C)C(=O)[C@@H](N)CC(C)C)no1.Cl. The molecule has 0 fully saturated rings. The maximum atomic E-state index is 12.0. The van der Waals surface area contributed by atoms with Crippen LogP contribution in [0.5, 0.6) is 0 Å². The van der Waals surface area contributed by atoms with Crippen molar-refractivity contribution >= 4 is 30.0 Å². The minimum atomic E-state index is -0.581. The summed E-state index contributed by atoms with van der Waals surface area (Å²) in [6.07, 6.45) is 0.591. The molecule has 0 saturated carbocycles. The highest BCUT2D eigenvalue weighted by Crippen LogP contribution is 2.08. The van der Waals surface area contributed by atoms with Gasteiger partial charge in [0.15, 0.2) is 5.82 Å². The molecule has 0 aliphatic rings. The van der Waals surface area contributed by atoms with Crippen molar-refractivity contribution < 1.29 is 14.1 Å². The number of amides is 2. The van der Waals surface area contributed by atoms with Crippen molar-refractivity contribution in [2.24, 2.45) is 11.7 Å². The molecule has 1 aromatic heterocycles. The average Bonchev–Trinajstić information content (AvgIpc) is 2.72. The van der Waals surface area contributed by atoms with Crippen LogP contribution in [0, 0.1) is 12.8 Å². The Kier molecular flexibility index (Phi) is 7.98. The van der Waals surface area contributed by atoms with Gasteiger partial charge in [0.25, 0.3) is 0 Å². The van der Waals surface area contributed by atoms with Crippen molar-refractivity contribution in [3.63, 3.8) is 0 Å². The van der Waals surface area contributed by atoms with Gasteiger partial charge in [0.2, 0.25) is 11.8 Å². The third kappa shape index (κ3) is 6.59. The molecule has 0 radical (unpaired) electrons. The Morgan fingerprint density at radius 2 is 2.10 bits per heavy atom. The number of likely N-dealkylation sites (N-methyl/N-ethyl adjacent to an activating group) is 1. The van der Waals surface area contributed by atoms with Crippen LogP contribution in [0.2, 0.25) is 0 Å². The molecule has 0 bridgehead atoms. The third-order valence-corrected chi connectivity index (χ3v) is 2.69. The van der Waals surface area contributed by atoms with E-state index in [0.717, 1.165) is 0 Å². The summed E-state index contributed by atoms with van der Waals surface area (Å²) < 4.78 is 4.83. The molecule has 8 heteroatoms. The van der Waals surface area contributed by atoms with E-state index in [1.807, 2.05) is 13.8 Å². The van der Waals surface area contributed by atoms with Crippen LogP contribution in [-0.4, -0.2) is 41.5 Å². The molecule has 120 valence electrons. The van der Waals surface area contributed by atoms with Gasteiger partial charge in [0.05, 0.1) is 12.6 Å². The van der Waals surface area contributed by atoms with Gasteiger partial charge in [0, 0.05) is 13.1 Å². The minimum absolute atomic E-state index is 0. The van der Waals surface area contributed by atoms with E-state index in [0.29, 0.717) is 23.9 Å². The van der Waals surface area contributed by atoms with E-state index in [-0.39, 0.29) is 30.8 Å². The first-order chi connectivity index (χ1) is 9.29. The average molecular weight is 319 g/mol. The number of carbonyl (C=O) groups excluding carboxylic acids is 2. The molecule has 3 N–H and O–H groups in total. The van der Waals surface area contributed by atoms with E-state index >= 15 is 0 Å². The Morgan fingerprint density at radius 3 is 2.57 bits per heavy atom. The standard InChI is InChI=1S/C13H22N4O3.ClH/c1-8(2)5-10(14)13(19)17(4)7-12(18)15-11-6-9(3)20-16-11;/h6,8,10H,5,7,14H2,1-4H3,(H,15,16,18);1H/t10-;/m0./s1. The zero-order chi connectivity index (χ0) is 15.3. The molecule has 1 rings (SSSR count). The Hall–Kier alpha value is -1.60. The highest BCUT2D eigenvalue weighted by Gasteiger charge is 2.21. The number of halogens is 1. The minimum Gasteiger partial charge on any atom is -0.360 e. The maximum Gasteiger partial charge on any atom is 0.245 e. The highest BCUT2D eigenvalue weighted by atomic mass is 35.5. The normalized spacial score (nSPS) is 11.7. The lowest BCUT2D eigenvalue weighted by molar-refractivity contribution is -0.134. The van der Waals surface area contributed by atoms with Crippen molar-refractivity contribution in [1.29, 1.82) is 0 Å². The predicted octanol–water partition coefficient (Wildman–Crippen LogP) is 1.18. The fraction of sp³-hybridized carbons (Fsp3) is 0.615. The molecule has 0 aliphatic carbocycles. The second-order valence-corrected chi connectivity index (χ2v) is 5.30. The van der Waals surface area contributed by atoms with Crippen LogP contribution in [0.15, 0.2) is 10.6 Å². The Morgan fingerprint density at radius 1 is 1.48 bits per heavy atom. The Labute approximate surface area is 130 Å². The van der Waals surface area contributed by atoms with Crippen molar-refractivity contribution in [2.75, 3.05) is 18.9 Å². The van der Waals surface area contributed by atoms with Crippen molar-refractivity contribution in [3.8, 4) is 0 Å². The van der Waals surface area contributed by atoms with Crippen molar-refractivity contribution in [2.45, 2.75) is 33.2 Å². The molecule has 1 heterocycles. The second-order valence-electron chi connectivity index (χ2n) is 5.30. The second kappa shape index (κ2) is 8.63. The highest BCUT2D eigenvalue weighted by molar-refractivity contribution is 5.94. The first-order valence-electron chi connectivity index (χ1n) is 6.53. The fourth-order valence-electron chi connectivity index (χ4n) is 1.79. The first-order valence-corrected chi connectivity index (χ1v) is 6.53. The summed E-state index contributed by atoms with van der Waals surface area (Å²) in [4.78, 5) is 25.0. The van der Waals surface area contributed by atoms with E-state index in [1.54, 1.807) is 20.0 Å². The predicted molar refractivity (Wildman–Crippen MR) is 82.2 cm³/mol. The van der Waals surface area contributed by atoms with E-state index < -0.39 is 6.04 Å². The first kappa shape index (κ1) is 19.4. The van der Waals surface area contributed by atoms with Gasteiger partial charge in [-0.05, 0) is 19.3 Å². The van der Waals surface area contributed by atoms with Crippen LogP contribution in [-0.2, 0) is 9.59 Å². The van der Waals surface area contributed by atoms with Gasteiger partial charge in [-0.25, -0.2) is 0 Å². The number of nitrogens with zero attached hydrogens (tertiary/aromatic N) is 2. The largest absolute Gasteiger partial charge is 0.360 e. The topological polar surface area (TPSA) is 101 Å². The van der Waals surface area contributed by atoms with Gasteiger partial charge >= 0.3 is 0 Å². The molecule has 0 spiro atoms. The van der Waals surface area contributed by atoms with Crippen LogP contribution < -0.4 is 11.1 Å². The molecule has 0 aromatic carbocycles. The van der Waals surface area contributed by atoms with Crippen LogP contribution in [0.4, 0.5) is 5.82 Å². The Bertz CT molecular complexity index is 476. The maximum absolute atomic E-state index is 12.0. The molecule has 21 heavy (non-hydrogen) atoms. The van der Waals surface area contributed by atoms with E-state index in [2.05, 4.69) is 10.5 Å². The Balaban J connectivity index is 0.00000400. The number of hydrogen-bond donors (Lipinski definition) is 2. The number of rotatable bonds is 6. The number of carbonyl (C=O) groups is 2. The molecule has 0 unspecified atom stereocenters. The van der Waals surface area contributed by atoms with Gasteiger partial charge in [-0.2, -0.15) is 0 Å². The third-order valence-electron chi connectivity index (χ3n) is 2.69. The molecular formula is C13H23ClN4O3. The van der Waals surface area contributed by atoms with Gasteiger partial charge in [-0.1, -0.05) is 19.0 Å². The monoisotopic (exact) mass is 318 g/mol. The van der Waals surface area contributed by atoms with Gasteiger partial charge in [-0.15, -0.1) is 12.4 Å². The molecule has 0 saturated heterocycles. The number of anilines is 1. The fourth-order valence-corrected chi connectivity index (χ4v) is 1.79.